The Bertz CT molecular complexity index is 516. The second kappa shape index (κ2) is 6.43. The van der Waals surface area contributed by atoms with Crippen LogP contribution in [0.5, 0.6) is 0 Å². The highest BCUT2D eigenvalue weighted by molar-refractivity contribution is 6.39. The van der Waals surface area contributed by atoms with Crippen molar-refractivity contribution < 1.29 is 14.7 Å². The second-order valence-electron chi connectivity index (χ2n) is 4.70. The Labute approximate surface area is 126 Å². The first-order valence-corrected chi connectivity index (χ1v) is 6.92. The summed E-state index contributed by atoms with van der Waals surface area (Å²) < 4.78 is 0. The molecule has 0 saturated carbocycles. The van der Waals surface area contributed by atoms with Gasteiger partial charge in [-0.3, -0.25) is 14.5 Å². The van der Waals surface area contributed by atoms with Crippen LogP contribution in [0.4, 0.5) is 5.69 Å². The van der Waals surface area contributed by atoms with E-state index in [1.807, 2.05) is 0 Å². The molecule has 20 heavy (non-hydrogen) atoms. The summed E-state index contributed by atoms with van der Waals surface area (Å²) in [5, 5.41) is 12.3. The minimum absolute atomic E-state index is 0.130. The molecule has 0 aromatic heterocycles. The first kappa shape index (κ1) is 15.1. The average Bonchev–Trinajstić information content (AvgIpc) is 2.82. The van der Waals surface area contributed by atoms with Crippen molar-refractivity contribution in [2.24, 2.45) is 5.92 Å². The zero-order valence-corrected chi connectivity index (χ0v) is 12.1. The number of hydrogen-bond donors (Lipinski definition) is 2. The third kappa shape index (κ3) is 3.62. The largest absolute Gasteiger partial charge is 0.481 e. The van der Waals surface area contributed by atoms with E-state index >= 15 is 0 Å². The van der Waals surface area contributed by atoms with Gasteiger partial charge in [-0.1, -0.05) is 29.3 Å². The van der Waals surface area contributed by atoms with Crippen molar-refractivity contribution in [1.29, 1.82) is 0 Å². The molecular weight excluding hydrogens is 303 g/mol. The first-order valence-electron chi connectivity index (χ1n) is 6.16. The minimum Gasteiger partial charge on any atom is -0.481 e. The summed E-state index contributed by atoms with van der Waals surface area (Å²) in [6.07, 6.45) is 0.565. The molecule has 108 valence electrons. The molecule has 0 aliphatic carbocycles. The number of carboxylic acids is 1. The van der Waals surface area contributed by atoms with E-state index in [0.29, 0.717) is 35.2 Å². The van der Waals surface area contributed by atoms with Gasteiger partial charge in [-0.25, -0.2) is 0 Å². The van der Waals surface area contributed by atoms with Crippen molar-refractivity contribution in [1.82, 2.24) is 4.90 Å². The number of para-hydroxylation sites is 1. The molecule has 0 radical (unpaired) electrons. The normalized spacial score (nSPS) is 19.0. The predicted molar refractivity (Wildman–Crippen MR) is 77.3 cm³/mol. The van der Waals surface area contributed by atoms with Gasteiger partial charge < -0.3 is 10.4 Å². The van der Waals surface area contributed by atoms with Gasteiger partial charge in [0.1, 0.15) is 0 Å². The van der Waals surface area contributed by atoms with Gasteiger partial charge in [0.25, 0.3) is 0 Å². The Hall–Kier alpha value is -1.30. The van der Waals surface area contributed by atoms with Crippen LogP contribution >= 0.6 is 23.2 Å². The number of aliphatic carboxylic acids is 1. The molecule has 1 aliphatic rings. The molecule has 1 atom stereocenters. The van der Waals surface area contributed by atoms with Crippen LogP contribution < -0.4 is 5.32 Å². The van der Waals surface area contributed by atoms with Gasteiger partial charge in [-0.05, 0) is 25.1 Å². The smallest absolute Gasteiger partial charge is 0.307 e. The number of hydrogen-bond acceptors (Lipinski definition) is 3. The number of rotatable bonds is 4. The number of carbonyl (C=O) groups is 2. The quantitative estimate of drug-likeness (QED) is 0.894. The van der Waals surface area contributed by atoms with Crippen LogP contribution in [-0.2, 0) is 9.59 Å². The molecule has 5 nitrogen and oxygen atoms in total. The maximum atomic E-state index is 11.9. The topological polar surface area (TPSA) is 69.6 Å². The van der Waals surface area contributed by atoms with Crippen molar-refractivity contribution in [2.45, 2.75) is 6.42 Å². The molecule has 7 heteroatoms. The molecule has 2 rings (SSSR count). The Morgan fingerprint density at radius 3 is 2.55 bits per heavy atom. The van der Waals surface area contributed by atoms with E-state index in [1.54, 1.807) is 23.1 Å². The van der Waals surface area contributed by atoms with Crippen LogP contribution in [0.3, 0.4) is 0 Å². The van der Waals surface area contributed by atoms with Crippen molar-refractivity contribution >= 4 is 40.8 Å². The fourth-order valence-corrected chi connectivity index (χ4v) is 2.67. The molecule has 0 bridgehead atoms. The Balaban J connectivity index is 1.92. The summed E-state index contributed by atoms with van der Waals surface area (Å²) in [5.74, 6) is -1.47. The van der Waals surface area contributed by atoms with Crippen LogP contribution in [-0.4, -0.2) is 41.5 Å². The third-order valence-electron chi connectivity index (χ3n) is 3.22. The number of anilines is 1. The van der Waals surface area contributed by atoms with Gasteiger partial charge >= 0.3 is 5.97 Å². The SMILES string of the molecule is O=C(CN1CCC(C(=O)O)C1)Nc1c(Cl)cccc1Cl. The van der Waals surface area contributed by atoms with Crippen LogP contribution in [0.2, 0.25) is 10.0 Å². The summed E-state index contributed by atoms with van der Waals surface area (Å²) in [6.45, 7) is 1.12. The molecule has 1 fully saturated rings. The molecule has 1 saturated heterocycles. The molecule has 1 aromatic rings. The van der Waals surface area contributed by atoms with Crippen molar-refractivity contribution in [3.8, 4) is 0 Å². The molecule has 0 spiro atoms. The van der Waals surface area contributed by atoms with Crippen molar-refractivity contribution in [2.75, 3.05) is 25.0 Å². The lowest BCUT2D eigenvalue weighted by molar-refractivity contribution is -0.141. The van der Waals surface area contributed by atoms with Gasteiger partial charge in [0, 0.05) is 6.54 Å². The van der Waals surface area contributed by atoms with Gasteiger partial charge in [0.2, 0.25) is 5.91 Å². The van der Waals surface area contributed by atoms with Crippen LogP contribution in [0.1, 0.15) is 6.42 Å². The summed E-state index contributed by atoms with van der Waals surface area (Å²) >= 11 is 11.9. The van der Waals surface area contributed by atoms with E-state index in [1.165, 1.54) is 0 Å². The van der Waals surface area contributed by atoms with Crippen molar-refractivity contribution in [3.05, 3.63) is 28.2 Å². The molecule has 1 aliphatic heterocycles. The lowest BCUT2D eigenvalue weighted by Crippen LogP contribution is -2.32. The Morgan fingerprint density at radius 1 is 1.35 bits per heavy atom. The summed E-state index contributed by atoms with van der Waals surface area (Å²) in [7, 11) is 0. The zero-order chi connectivity index (χ0) is 14.7. The number of carbonyl (C=O) groups excluding carboxylic acids is 1. The number of likely N-dealkylation sites (tertiary alicyclic amines) is 1. The lowest BCUT2D eigenvalue weighted by Gasteiger charge is -2.15. The molecule has 2 N–H and O–H groups in total. The number of carboxylic acid groups (broad SMARTS) is 1. The summed E-state index contributed by atoms with van der Waals surface area (Å²) in [6, 6.07) is 4.97. The summed E-state index contributed by atoms with van der Waals surface area (Å²) in [5.41, 5.74) is 0.384. The van der Waals surface area contributed by atoms with E-state index in [2.05, 4.69) is 5.32 Å². The molecule has 1 heterocycles. The van der Waals surface area contributed by atoms with Crippen LogP contribution in [0.15, 0.2) is 18.2 Å². The van der Waals surface area contributed by atoms with Crippen LogP contribution in [0, 0.1) is 5.92 Å². The number of nitrogens with zero attached hydrogens (tertiary/aromatic N) is 1. The number of halogens is 2. The number of benzene rings is 1. The predicted octanol–water partition coefficient (Wildman–Crippen LogP) is 2.34. The maximum absolute atomic E-state index is 11.9. The molecular formula is C13H14Cl2N2O3. The minimum atomic E-state index is -0.818. The first-order chi connectivity index (χ1) is 9.47. The Morgan fingerprint density at radius 2 is 2.00 bits per heavy atom. The molecule has 1 amide bonds. The highest BCUT2D eigenvalue weighted by Crippen LogP contribution is 2.29. The van der Waals surface area contributed by atoms with E-state index in [0.717, 1.165) is 0 Å². The van der Waals surface area contributed by atoms with E-state index in [9.17, 15) is 9.59 Å². The van der Waals surface area contributed by atoms with Gasteiger partial charge in [0.15, 0.2) is 0 Å². The van der Waals surface area contributed by atoms with E-state index in [4.69, 9.17) is 28.3 Å². The van der Waals surface area contributed by atoms with Gasteiger partial charge in [0.05, 0.1) is 28.2 Å². The fraction of sp³-hybridized carbons (Fsp3) is 0.385. The number of nitrogens with one attached hydrogen (secondary N) is 1. The summed E-state index contributed by atoms with van der Waals surface area (Å²) in [4.78, 5) is 24.6. The van der Waals surface area contributed by atoms with Crippen LogP contribution in [0.25, 0.3) is 0 Å². The average molecular weight is 317 g/mol. The molecule has 1 aromatic carbocycles. The Kier molecular flexibility index (Phi) is 4.86. The van der Waals surface area contributed by atoms with Crippen molar-refractivity contribution in [3.63, 3.8) is 0 Å². The lowest BCUT2D eigenvalue weighted by atomic mass is 10.1. The van der Waals surface area contributed by atoms with E-state index in [-0.39, 0.29) is 12.5 Å². The standard InChI is InChI=1S/C13H14Cl2N2O3/c14-9-2-1-3-10(15)12(9)16-11(18)7-17-5-4-8(6-17)13(19)20/h1-3,8H,4-7H2,(H,16,18)(H,19,20). The third-order valence-corrected chi connectivity index (χ3v) is 3.85. The highest BCUT2D eigenvalue weighted by atomic mass is 35.5. The fourth-order valence-electron chi connectivity index (χ4n) is 2.18. The highest BCUT2D eigenvalue weighted by Gasteiger charge is 2.29. The van der Waals surface area contributed by atoms with Gasteiger partial charge in [-0.15, -0.1) is 0 Å². The monoisotopic (exact) mass is 316 g/mol. The maximum Gasteiger partial charge on any atom is 0.307 e. The molecule has 1 unspecified atom stereocenters. The number of amides is 1. The van der Waals surface area contributed by atoms with Gasteiger partial charge in [-0.2, -0.15) is 0 Å². The second-order valence-corrected chi connectivity index (χ2v) is 5.52. The van der Waals surface area contributed by atoms with E-state index < -0.39 is 11.9 Å². The zero-order valence-electron chi connectivity index (χ0n) is 10.6.